The summed E-state index contributed by atoms with van der Waals surface area (Å²) in [6.07, 6.45) is 0.351. The lowest BCUT2D eigenvalue weighted by molar-refractivity contribution is -0.140. The van der Waals surface area contributed by atoms with Crippen LogP contribution in [-0.4, -0.2) is 34.0 Å². The van der Waals surface area contributed by atoms with E-state index in [9.17, 15) is 14.0 Å². The van der Waals surface area contributed by atoms with E-state index in [2.05, 4.69) is 5.32 Å². The average Bonchev–Trinajstić information content (AvgIpc) is 2.83. The van der Waals surface area contributed by atoms with E-state index in [1.165, 1.54) is 23.9 Å². The van der Waals surface area contributed by atoms with Gasteiger partial charge in [-0.05, 0) is 61.7 Å². The minimum Gasteiger partial charge on any atom is -0.350 e. The van der Waals surface area contributed by atoms with Crippen LogP contribution >= 0.6 is 35.0 Å². The number of nitrogens with one attached hydrogen (secondary N) is 1. The van der Waals surface area contributed by atoms with E-state index in [-0.39, 0.29) is 29.9 Å². The normalized spacial score (nSPS) is 12.2. The fraction of sp³-hybridized carbons (Fsp3) is 0.310. The summed E-state index contributed by atoms with van der Waals surface area (Å²) in [5, 5.41) is 4.13. The summed E-state index contributed by atoms with van der Waals surface area (Å²) >= 11 is 13.7. The smallest absolute Gasteiger partial charge is 0.243 e. The molecule has 0 aliphatic carbocycles. The molecule has 0 saturated carbocycles. The van der Waals surface area contributed by atoms with Gasteiger partial charge in [0, 0.05) is 34.3 Å². The number of hydrogen-bond acceptors (Lipinski definition) is 3. The molecule has 3 aromatic carbocycles. The maximum atomic E-state index is 13.6. The molecule has 0 bridgehead atoms. The molecule has 3 rings (SSSR count). The minimum atomic E-state index is -0.751. The van der Waals surface area contributed by atoms with Gasteiger partial charge in [0.15, 0.2) is 0 Å². The van der Waals surface area contributed by atoms with Gasteiger partial charge in [0.2, 0.25) is 11.8 Å². The summed E-state index contributed by atoms with van der Waals surface area (Å²) in [6, 6.07) is 20.1. The number of nitrogens with zero attached hydrogens (tertiary/aromatic N) is 1. The molecule has 2 amide bonds. The SMILES string of the molecule is CC(C)(C)NC(=O)[C@@H](Cc1ccccc1)N(Cc1ccc(F)cc1)C(=O)CSCc1ccc(Cl)cc1Cl. The van der Waals surface area contributed by atoms with Crippen molar-refractivity contribution in [3.63, 3.8) is 0 Å². The highest BCUT2D eigenvalue weighted by Gasteiger charge is 2.32. The van der Waals surface area contributed by atoms with Crippen molar-refractivity contribution in [3.05, 3.63) is 105 Å². The molecule has 0 radical (unpaired) electrons. The number of halogens is 3. The van der Waals surface area contributed by atoms with E-state index in [1.54, 1.807) is 29.2 Å². The van der Waals surface area contributed by atoms with Gasteiger partial charge in [-0.25, -0.2) is 4.39 Å². The van der Waals surface area contributed by atoms with Gasteiger partial charge in [0.05, 0.1) is 5.75 Å². The van der Waals surface area contributed by atoms with Crippen molar-refractivity contribution in [2.75, 3.05) is 5.75 Å². The number of hydrogen-bond donors (Lipinski definition) is 1. The number of rotatable bonds is 10. The van der Waals surface area contributed by atoms with Crippen LogP contribution in [0, 0.1) is 5.82 Å². The molecule has 4 nitrogen and oxygen atoms in total. The summed E-state index contributed by atoms with van der Waals surface area (Å²) in [5.41, 5.74) is 2.08. The molecule has 0 saturated heterocycles. The predicted molar refractivity (Wildman–Crippen MR) is 151 cm³/mol. The number of thioether (sulfide) groups is 1. The molecule has 3 aromatic rings. The van der Waals surface area contributed by atoms with E-state index >= 15 is 0 Å². The molecular weight excluding hydrogens is 530 g/mol. The first-order chi connectivity index (χ1) is 17.5. The van der Waals surface area contributed by atoms with Gasteiger partial charge in [-0.3, -0.25) is 9.59 Å². The maximum absolute atomic E-state index is 13.6. The van der Waals surface area contributed by atoms with Crippen molar-refractivity contribution in [2.24, 2.45) is 0 Å². The van der Waals surface area contributed by atoms with Crippen molar-refractivity contribution in [1.82, 2.24) is 10.2 Å². The molecule has 0 aliphatic heterocycles. The minimum absolute atomic E-state index is 0.147. The second-order valence-corrected chi connectivity index (χ2v) is 11.7. The number of amides is 2. The van der Waals surface area contributed by atoms with E-state index in [1.807, 2.05) is 57.2 Å². The van der Waals surface area contributed by atoms with Crippen LogP contribution in [0.25, 0.3) is 0 Å². The van der Waals surface area contributed by atoms with Crippen molar-refractivity contribution < 1.29 is 14.0 Å². The molecule has 0 fully saturated rings. The van der Waals surface area contributed by atoms with Crippen LogP contribution in [0.1, 0.15) is 37.5 Å². The lowest BCUT2D eigenvalue weighted by atomic mass is 10.0. The third-order valence-corrected chi connectivity index (χ3v) is 7.09. The Morgan fingerprint density at radius 1 is 0.973 bits per heavy atom. The van der Waals surface area contributed by atoms with Gasteiger partial charge in [-0.1, -0.05) is 71.7 Å². The van der Waals surface area contributed by atoms with Crippen LogP contribution < -0.4 is 5.32 Å². The zero-order chi connectivity index (χ0) is 27.0. The largest absolute Gasteiger partial charge is 0.350 e. The zero-order valence-electron chi connectivity index (χ0n) is 21.1. The number of carbonyl (C=O) groups excluding carboxylic acids is 2. The molecule has 1 N–H and O–H groups in total. The highest BCUT2D eigenvalue weighted by molar-refractivity contribution is 7.99. The first-order valence-corrected chi connectivity index (χ1v) is 13.8. The monoisotopic (exact) mass is 560 g/mol. The molecule has 1 atom stereocenters. The Morgan fingerprint density at radius 2 is 1.65 bits per heavy atom. The van der Waals surface area contributed by atoms with Gasteiger partial charge in [0.25, 0.3) is 0 Å². The van der Waals surface area contributed by atoms with Crippen molar-refractivity contribution in [3.8, 4) is 0 Å². The summed E-state index contributed by atoms with van der Waals surface area (Å²) in [6.45, 7) is 5.89. The Kier molecular flexibility index (Phi) is 10.4. The zero-order valence-corrected chi connectivity index (χ0v) is 23.5. The van der Waals surface area contributed by atoms with Gasteiger partial charge < -0.3 is 10.2 Å². The van der Waals surface area contributed by atoms with Crippen LogP contribution in [0.4, 0.5) is 4.39 Å². The van der Waals surface area contributed by atoms with Crippen LogP contribution in [0.2, 0.25) is 10.0 Å². The summed E-state index contributed by atoms with van der Waals surface area (Å²) < 4.78 is 13.6. The average molecular weight is 562 g/mol. The highest BCUT2D eigenvalue weighted by Crippen LogP contribution is 2.25. The molecule has 8 heteroatoms. The Labute approximate surface area is 232 Å². The summed E-state index contributed by atoms with van der Waals surface area (Å²) in [7, 11) is 0. The third-order valence-electron chi connectivity index (χ3n) is 5.53. The van der Waals surface area contributed by atoms with Gasteiger partial charge >= 0.3 is 0 Å². The summed E-state index contributed by atoms with van der Waals surface area (Å²) in [4.78, 5) is 28.8. The Morgan fingerprint density at radius 3 is 2.27 bits per heavy atom. The van der Waals surface area contributed by atoms with Crippen LogP contribution in [-0.2, 0) is 28.3 Å². The third kappa shape index (κ3) is 9.37. The number of benzene rings is 3. The maximum Gasteiger partial charge on any atom is 0.243 e. The topological polar surface area (TPSA) is 49.4 Å². The van der Waals surface area contributed by atoms with Gasteiger partial charge in [0.1, 0.15) is 11.9 Å². The second-order valence-electron chi connectivity index (χ2n) is 9.82. The Bertz CT molecular complexity index is 1200. The summed E-state index contributed by atoms with van der Waals surface area (Å²) in [5.74, 6) is -0.122. The fourth-order valence-corrected chi connectivity index (χ4v) is 5.23. The van der Waals surface area contributed by atoms with Gasteiger partial charge in [-0.2, -0.15) is 0 Å². The first-order valence-electron chi connectivity index (χ1n) is 11.9. The first kappa shape index (κ1) is 29.0. The molecule has 0 aliphatic rings. The van der Waals surface area contributed by atoms with E-state index in [4.69, 9.17) is 23.2 Å². The van der Waals surface area contributed by atoms with Crippen molar-refractivity contribution in [1.29, 1.82) is 0 Å². The van der Waals surface area contributed by atoms with E-state index < -0.39 is 11.6 Å². The van der Waals surface area contributed by atoms with Crippen LogP contribution in [0.5, 0.6) is 0 Å². The number of carbonyl (C=O) groups is 2. The Hall–Kier alpha value is -2.54. The second kappa shape index (κ2) is 13.3. The van der Waals surface area contributed by atoms with Crippen molar-refractivity contribution in [2.45, 2.75) is 51.1 Å². The van der Waals surface area contributed by atoms with E-state index in [0.29, 0.717) is 22.2 Å². The Balaban J connectivity index is 1.87. The quantitative estimate of drug-likeness (QED) is 0.292. The molecule has 196 valence electrons. The molecule has 0 heterocycles. The lowest BCUT2D eigenvalue weighted by Gasteiger charge is -2.34. The predicted octanol–water partition coefficient (Wildman–Crippen LogP) is 6.92. The van der Waals surface area contributed by atoms with Crippen LogP contribution in [0.3, 0.4) is 0 Å². The molecule has 37 heavy (non-hydrogen) atoms. The fourth-order valence-electron chi connectivity index (χ4n) is 3.76. The molecular formula is C29H31Cl2FN2O2S. The molecule has 0 unspecified atom stereocenters. The molecule has 0 spiro atoms. The van der Waals surface area contributed by atoms with Crippen LogP contribution in [0.15, 0.2) is 72.8 Å². The van der Waals surface area contributed by atoms with E-state index in [0.717, 1.165) is 16.7 Å². The standard InChI is InChI=1S/C29H31Cl2FN2O2S/c1-29(2,3)33-28(36)26(15-20-7-5-4-6-8-20)34(17-21-9-13-24(32)14-10-21)27(35)19-37-18-22-11-12-23(30)16-25(22)31/h4-14,16,26H,15,17-19H2,1-3H3,(H,33,36)/t26-/m1/s1. The molecule has 0 aromatic heterocycles. The van der Waals surface area contributed by atoms with Gasteiger partial charge in [-0.15, -0.1) is 11.8 Å². The highest BCUT2D eigenvalue weighted by atomic mass is 35.5. The lowest BCUT2D eigenvalue weighted by Crippen LogP contribution is -2.54. The van der Waals surface area contributed by atoms with Crippen molar-refractivity contribution >= 4 is 46.8 Å².